The Morgan fingerprint density at radius 2 is 1.06 bits per heavy atom. The molecule has 0 spiro atoms. The molecule has 1 aliphatic carbocycles. The summed E-state index contributed by atoms with van der Waals surface area (Å²) in [4.78, 5) is 70.4. The fraction of sp³-hybridized carbons (Fsp3) is 0.524. The van der Waals surface area contributed by atoms with E-state index >= 15 is 0 Å². The first-order chi connectivity index (χ1) is 50.8. The van der Waals surface area contributed by atoms with Gasteiger partial charge in [0, 0.05) is 75.6 Å². The summed E-state index contributed by atoms with van der Waals surface area (Å²) >= 11 is 0. The molecule has 6 aromatic heterocycles. The molecule has 6 atom stereocenters. The summed E-state index contributed by atoms with van der Waals surface area (Å²) in [5.74, 6) is 0.290. The third-order valence-corrected chi connectivity index (χ3v) is 24.7. The highest BCUT2D eigenvalue weighted by molar-refractivity contribution is 7.90. The topological polar surface area (TPSA) is 310 Å². The smallest absolute Gasteiger partial charge is 0.281 e. The van der Waals surface area contributed by atoms with Crippen LogP contribution in [0.4, 0.5) is 33.5 Å². The van der Waals surface area contributed by atoms with Crippen LogP contribution in [0.3, 0.4) is 0 Å². The van der Waals surface area contributed by atoms with Crippen LogP contribution < -0.4 is 39.9 Å². The fourth-order valence-electron chi connectivity index (χ4n) is 15.2. The third kappa shape index (κ3) is 21.7. The van der Waals surface area contributed by atoms with Crippen molar-refractivity contribution in [2.75, 3.05) is 38.8 Å². The number of sulfonamides is 3. The van der Waals surface area contributed by atoms with Crippen LogP contribution in [0.5, 0.6) is 0 Å². The number of pyridine rings is 6. The number of anilines is 5. The number of hydrogen-bond donors (Lipinski definition) is 6. The van der Waals surface area contributed by atoms with Crippen molar-refractivity contribution in [1.29, 1.82) is 0 Å². The van der Waals surface area contributed by atoms with Gasteiger partial charge in [-0.1, -0.05) is 113 Å². The molecule has 3 amide bonds. The largest absolute Gasteiger partial charge is 0.367 e. The maximum atomic E-state index is 14.5. The van der Waals surface area contributed by atoms with Crippen molar-refractivity contribution in [3.63, 3.8) is 0 Å². The van der Waals surface area contributed by atoms with Gasteiger partial charge in [0.25, 0.3) is 47.8 Å². The molecule has 0 aromatic carbocycles. The molecule has 3 unspecified atom stereocenters. The van der Waals surface area contributed by atoms with Gasteiger partial charge in [-0.05, 0) is 214 Å². The zero-order valence-corrected chi connectivity index (χ0v) is 68.6. The second-order valence-corrected chi connectivity index (χ2v) is 39.8. The zero-order chi connectivity index (χ0) is 80.0. The third-order valence-electron chi connectivity index (χ3n) is 21.0. The maximum Gasteiger partial charge on any atom is 0.281 e. The van der Waals surface area contributed by atoms with Gasteiger partial charge in [-0.25, -0.2) is 44.1 Å². The van der Waals surface area contributed by atoms with E-state index in [2.05, 4.69) is 158 Å². The van der Waals surface area contributed by atoms with Crippen LogP contribution in [0.2, 0.25) is 0 Å². The lowest BCUT2D eigenvalue weighted by atomic mass is 9.89. The molecule has 3 fully saturated rings. The van der Waals surface area contributed by atoms with Crippen LogP contribution in [0.15, 0.2) is 144 Å². The van der Waals surface area contributed by atoms with E-state index in [-0.39, 0.29) is 66.2 Å². The van der Waals surface area contributed by atoms with Crippen LogP contribution in [0.25, 0.3) is 0 Å². The van der Waals surface area contributed by atoms with E-state index in [4.69, 9.17) is 9.97 Å². The van der Waals surface area contributed by atoms with Gasteiger partial charge < -0.3 is 25.8 Å². The average molecular weight is 1550 g/mol. The van der Waals surface area contributed by atoms with E-state index in [0.717, 1.165) is 88.7 Å². The van der Waals surface area contributed by atoms with Crippen molar-refractivity contribution < 1.29 is 44.0 Å². The van der Waals surface area contributed by atoms with Gasteiger partial charge in [0.1, 0.15) is 29.1 Å². The van der Waals surface area contributed by atoms with Crippen LogP contribution in [0.1, 0.15) is 242 Å². The summed E-state index contributed by atoms with van der Waals surface area (Å²) in [6, 6.07) is 24.0. The number of carbonyl (C=O) groups excluding carboxylic acids is 3. The Labute approximate surface area is 646 Å². The van der Waals surface area contributed by atoms with E-state index < -0.39 is 64.7 Å². The zero-order valence-electron chi connectivity index (χ0n) is 66.1. The maximum absolute atomic E-state index is 14.5. The molecule has 0 radical (unpaired) electrons. The summed E-state index contributed by atoms with van der Waals surface area (Å²) in [5, 5.41) is 9.31. The lowest BCUT2D eigenvalue weighted by molar-refractivity contribution is 0.0968. The lowest BCUT2D eigenvalue weighted by Crippen LogP contribution is -2.41. The number of carbonyl (C=O) groups is 3. The number of nitrogens with zero attached hydrogens (tertiary/aromatic N) is 8. The van der Waals surface area contributed by atoms with Gasteiger partial charge in [0.15, 0.2) is 15.1 Å². The molecule has 109 heavy (non-hydrogen) atoms. The molecule has 5 aliphatic rings. The first-order valence-corrected chi connectivity index (χ1v) is 42.3. The Bertz CT molecular complexity index is 4510. The van der Waals surface area contributed by atoms with Crippen LogP contribution in [-0.4, -0.2) is 115 Å². The second-order valence-electron chi connectivity index (χ2n) is 34.9. The molecule has 1 saturated carbocycles. The van der Waals surface area contributed by atoms with Crippen molar-refractivity contribution >= 4 is 76.9 Å². The molecule has 8 bridgehead atoms. The Hall–Kier alpha value is -8.69. The summed E-state index contributed by atoms with van der Waals surface area (Å²) in [7, 11) is -12.7. The summed E-state index contributed by atoms with van der Waals surface area (Å²) < 4.78 is 99.4. The van der Waals surface area contributed by atoms with E-state index in [1.165, 1.54) is 49.6 Å². The van der Waals surface area contributed by atoms with Crippen molar-refractivity contribution in [3.8, 4) is 0 Å². The monoisotopic (exact) mass is 1550 g/mol. The van der Waals surface area contributed by atoms with Gasteiger partial charge in [-0.3, -0.25) is 14.4 Å². The number of amides is 3. The highest BCUT2D eigenvalue weighted by Gasteiger charge is 2.44. The SMILES string of the molecule is C=CCC(CC[C@@H]1CCC(C)(C)C1)Nc1cccc(S(=O)(=O)NC(=O)c2ccc(C(C)(C)C)nc2F)n1.C=CCC1CC[C@@H]2CN(c3nc(C(C)(C)C)ccc3C(=O)NS(=O)(=O)c3cccc(n3)N1)C(C)(C)C2.C=CCC1CC[C@@H]2CN(c3nc(C(C)(C)C)ccc3C(=O)NS(=O)(=O)c3cccc(n3)N1)C(C)(C)C2. The molecule has 6 aromatic rings. The Morgan fingerprint density at radius 1 is 0.596 bits per heavy atom. The minimum absolute atomic E-state index is 0.0581. The second kappa shape index (κ2) is 33.5. The van der Waals surface area contributed by atoms with Gasteiger partial charge in [0.05, 0.1) is 16.7 Å². The minimum Gasteiger partial charge on any atom is -0.367 e. The molecule has 590 valence electrons. The van der Waals surface area contributed by atoms with Crippen molar-refractivity contribution in [2.24, 2.45) is 23.2 Å². The highest BCUT2D eigenvalue weighted by atomic mass is 32.2. The minimum atomic E-state index is -4.34. The Morgan fingerprint density at radius 3 is 1.49 bits per heavy atom. The Kier molecular flexibility index (Phi) is 25.9. The lowest BCUT2D eigenvalue weighted by Gasteiger charge is -2.34. The molecule has 11 rings (SSSR count). The number of nitrogens with one attached hydrogen (secondary N) is 6. The number of aromatic nitrogens is 6. The first-order valence-electron chi connectivity index (χ1n) is 37.8. The molecule has 27 heteroatoms. The molecule has 23 nitrogen and oxygen atoms in total. The summed E-state index contributed by atoms with van der Waals surface area (Å²) in [5.41, 5.74) is 1.21. The summed E-state index contributed by atoms with van der Waals surface area (Å²) in [6.07, 6.45) is 19.0. The Balaban J connectivity index is 0.000000188. The van der Waals surface area contributed by atoms with E-state index in [1.54, 1.807) is 48.5 Å². The number of fused-ring (bicyclic) bond motifs is 12. The van der Waals surface area contributed by atoms with Crippen molar-refractivity contribution in [3.05, 3.63) is 169 Å². The first kappa shape index (κ1) is 84.3. The fourth-order valence-corrected chi connectivity index (χ4v) is 18.0. The van der Waals surface area contributed by atoms with Gasteiger partial charge in [-0.2, -0.15) is 29.6 Å². The number of halogens is 1. The summed E-state index contributed by atoms with van der Waals surface area (Å²) in [6.45, 7) is 44.4. The van der Waals surface area contributed by atoms with Crippen LogP contribution in [0, 0.1) is 29.1 Å². The molecular weight excluding hydrogens is 1440 g/mol. The quantitative estimate of drug-likeness (QED) is 0.0436. The average Bonchev–Trinajstić information content (AvgIpc) is 1.66. The van der Waals surface area contributed by atoms with E-state index in [9.17, 15) is 44.0 Å². The van der Waals surface area contributed by atoms with E-state index in [1.807, 2.05) is 55.9 Å². The normalized spacial score (nSPS) is 21.7. The van der Waals surface area contributed by atoms with Gasteiger partial charge in [-0.15, -0.1) is 19.7 Å². The van der Waals surface area contributed by atoms with Crippen LogP contribution in [-0.2, 0) is 46.3 Å². The van der Waals surface area contributed by atoms with Crippen molar-refractivity contribution in [2.45, 2.75) is 254 Å². The van der Waals surface area contributed by atoms with Crippen molar-refractivity contribution in [1.82, 2.24) is 44.1 Å². The molecular formula is C82H113FN14O9S3. The molecule has 4 aliphatic heterocycles. The molecule has 2 saturated heterocycles. The standard InChI is InChI=1S/C28H39FN4O3S.2C27H37N5O3S/c1-7-9-20(13-12-19-16-17-28(5,6)18-19)30-23-10-8-11-24(32-23)37(35,36)33-26(34)21-14-15-22(27(2,3)4)31-25(21)29;2*1-7-9-19-13-12-18-16-27(5,6)32(17-18)24-20(14-15-21(29-24)26(2,3)4)25(33)31-36(34,35)23-11-8-10-22(28-19)30-23/h7-8,10-11,14-15,19-20H,1,9,12-13,16-18H2,2-6H3,(H,30,32)(H,33,34);2*7-8,10-11,14-15,18-19H,1,9,12-13,16-17H2,2-6H3,(H,28,30)(H,31,33)/t19-,20?;2*18-,19?/m100/s1. The van der Waals surface area contributed by atoms with Crippen LogP contribution >= 0.6 is 0 Å². The molecule has 6 N–H and O–H groups in total. The predicted molar refractivity (Wildman–Crippen MR) is 430 cm³/mol. The number of hydrogen-bond acceptors (Lipinski definition) is 20. The van der Waals surface area contributed by atoms with Gasteiger partial charge >= 0.3 is 0 Å². The number of rotatable bonds is 14. The highest BCUT2D eigenvalue weighted by Crippen LogP contribution is 2.45. The molecule has 10 heterocycles. The predicted octanol–water partition coefficient (Wildman–Crippen LogP) is 15.3. The van der Waals surface area contributed by atoms with E-state index in [0.29, 0.717) is 64.4 Å². The van der Waals surface area contributed by atoms with Gasteiger partial charge in [0.2, 0.25) is 5.95 Å².